The fourth-order valence-electron chi connectivity index (χ4n) is 1.63. The maximum absolute atomic E-state index is 13.2. The molecule has 104 valence electrons. The second-order valence-corrected chi connectivity index (χ2v) is 6.54. The molecule has 0 heterocycles. The first-order chi connectivity index (χ1) is 9.38. The van der Waals surface area contributed by atoms with Gasteiger partial charge in [-0.1, -0.05) is 39.7 Å². The molecule has 20 heavy (non-hydrogen) atoms. The van der Waals surface area contributed by atoms with Crippen LogP contribution in [0.25, 0.3) is 0 Å². The SMILES string of the molecule is NC(=S)c1cc(Br)ccc1Nc1c(Cl)cc(F)cc1Br. The highest BCUT2D eigenvalue weighted by atomic mass is 79.9. The molecule has 2 aromatic rings. The third-order valence-corrected chi connectivity index (χ3v) is 4.15. The van der Waals surface area contributed by atoms with Crippen molar-refractivity contribution in [3.63, 3.8) is 0 Å². The second-order valence-electron chi connectivity index (χ2n) is 3.92. The predicted octanol–water partition coefficient (Wildman–Crippen LogP) is 5.38. The van der Waals surface area contributed by atoms with Gasteiger partial charge in [-0.3, -0.25) is 0 Å². The van der Waals surface area contributed by atoms with Crippen LogP contribution in [0, 0.1) is 5.82 Å². The van der Waals surface area contributed by atoms with Crippen molar-refractivity contribution in [2.24, 2.45) is 5.73 Å². The van der Waals surface area contributed by atoms with Crippen LogP contribution < -0.4 is 11.1 Å². The van der Waals surface area contributed by atoms with Crippen molar-refractivity contribution in [1.29, 1.82) is 0 Å². The Hall–Kier alpha value is -0.690. The van der Waals surface area contributed by atoms with Gasteiger partial charge in [0, 0.05) is 20.2 Å². The van der Waals surface area contributed by atoms with Gasteiger partial charge in [-0.05, 0) is 46.3 Å². The largest absolute Gasteiger partial charge is 0.389 e. The van der Waals surface area contributed by atoms with Crippen molar-refractivity contribution in [1.82, 2.24) is 0 Å². The van der Waals surface area contributed by atoms with E-state index in [1.165, 1.54) is 12.1 Å². The molecule has 0 spiro atoms. The number of anilines is 2. The van der Waals surface area contributed by atoms with E-state index in [4.69, 9.17) is 29.6 Å². The number of rotatable bonds is 3. The first-order valence-corrected chi connectivity index (χ1v) is 7.76. The Morgan fingerprint density at radius 3 is 2.55 bits per heavy atom. The minimum atomic E-state index is -0.419. The Balaban J connectivity index is 2.48. The lowest BCUT2D eigenvalue weighted by Crippen LogP contribution is -2.12. The molecule has 0 aliphatic heterocycles. The Labute approximate surface area is 142 Å². The van der Waals surface area contributed by atoms with E-state index in [0.29, 0.717) is 21.4 Å². The van der Waals surface area contributed by atoms with E-state index in [1.54, 1.807) is 6.07 Å². The Morgan fingerprint density at radius 1 is 1.25 bits per heavy atom. The van der Waals surface area contributed by atoms with E-state index in [1.807, 2.05) is 12.1 Å². The minimum absolute atomic E-state index is 0.253. The molecule has 0 unspecified atom stereocenters. The second kappa shape index (κ2) is 6.39. The number of hydrogen-bond donors (Lipinski definition) is 2. The molecule has 0 aromatic heterocycles. The molecule has 3 N–H and O–H groups in total. The molecule has 2 nitrogen and oxygen atoms in total. The highest BCUT2D eigenvalue weighted by molar-refractivity contribution is 9.10. The molecule has 0 fully saturated rings. The van der Waals surface area contributed by atoms with Crippen LogP contribution in [0.3, 0.4) is 0 Å². The van der Waals surface area contributed by atoms with Crippen molar-refractivity contribution in [2.75, 3.05) is 5.32 Å². The third-order valence-electron chi connectivity index (χ3n) is 2.51. The average molecular weight is 439 g/mol. The van der Waals surface area contributed by atoms with Gasteiger partial charge in [-0.25, -0.2) is 4.39 Å². The summed E-state index contributed by atoms with van der Waals surface area (Å²) in [6.45, 7) is 0. The van der Waals surface area contributed by atoms with Gasteiger partial charge in [0.2, 0.25) is 0 Å². The van der Waals surface area contributed by atoms with Gasteiger partial charge in [0.05, 0.1) is 10.7 Å². The zero-order valence-corrected chi connectivity index (χ0v) is 14.6. The normalized spacial score (nSPS) is 10.4. The van der Waals surface area contributed by atoms with Gasteiger partial charge in [-0.15, -0.1) is 0 Å². The lowest BCUT2D eigenvalue weighted by molar-refractivity contribution is 0.627. The van der Waals surface area contributed by atoms with Crippen molar-refractivity contribution in [3.8, 4) is 0 Å². The molecule has 0 saturated heterocycles. The highest BCUT2D eigenvalue weighted by Crippen LogP contribution is 2.35. The van der Waals surface area contributed by atoms with E-state index >= 15 is 0 Å². The number of nitrogens with two attached hydrogens (primary N) is 1. The van der Waals surface area contributed by atoms with E-state index in [-0.39, 0.29) is 10.0 Å². The van der Waals surface area contributed by atoms with Gasteiger partial charge < -0.3 is 11.1 Å². The summed E-state index contributed by atoms with van der Waals surface area (Å²) in [6.07, 6.45) is 0. The van der Waals surface area contributed by atoms with Crippen molar-refractivity contribution < 1.29 is 4.39 Å². The molecule has 0 radical (unpaired) electrons. The van der Waals surface area contributed by atoms with Gasteiger partial charge in [0.1, 0.15) is 10.8 Å². The van der Waals surface area contributed by atoms with Crippen molar-refractivity contribution >= 4 is 72.0 Å². The minimum Gasteiger partial charge on any atom is -0.389 e. The molecule has 0 aliphatic carbocycles. The fourth-order valence-corrected chi connectivity index (χ4v) is 3.05. The highest BCUT2D eigenvalue weighted by Gasteiger charge is 2.12. The molecule has 0 atom stereocenters. The number of benzene rings is 2. The van der Waals surface area contributed by atoms with E-state index in [0.717, 1.165) is 4.47 Å². The maximum atomic E-state index is 13.2. The molecule has 0 bridgehead atoms. The maximum Gasteiger partial charge on any atom is 0.125 e. The van der Waals surface area contributed by atoms with E-state index < -0.39 is 5.82 Å². The summed E-state index contributed by atoms with van der Waals surface area (Å²) in [4.78, 5) is 0.253. The van der Waals surface area contributed by atoms with Gasteiger partial charge in [0.15, 0.2) is 0 Å². The zero-order chi connectivity index (χ0) is 14.9. The van der Waals surface area contributed by atoms with Crippen LogP contribution in [-0.2, 0) is 0 Å². The summed E-state index contributed by atoms with van der Waals surface area (Å²) in [6, 6.07) is 8.01. The van der Waals surface area contributed by atoms with Crippen LogP contribution in [0.5, 0.6) is 0 Å². The van der Waals surface area contributed by atoms with Crippen LogP contribution in [-0.4, -0.2) is 4.99 Å². The summed E-state index contributed by atoms with van der Waals surface area (Å²) in [5, 5.41) is 3.37. The molecular weight excluding hydrogens is 430 g/mol. The van der Waals surface area contributed by atoms with Crippen LogP contribution in [0.15, 0.2) is 39.3 Å². The summed E-state index contributed by atoms with van der Waals surface area (Å²) < 4.78 is 14.6. The number of thiocarbonyl (C=S) groups is 1. The van der Waals surface area contributed by atoms with Crippen molar-refractivity contribution in [2.45, 2.75) is 0 Å². The molecule has 0 aliphatic rings. The fraction of sp³-hybridized carbons (Fsp3) is 0. The number of hydrogen-bond acceptors (Lipinski definition) is 2. The molecule has 2 aromatic carbocycles. The molecule has 7 heteroatoms. The summed E-state index contributed by atoms with van der Waals surface area (Å²) in [5.41, 5.74) is 7.61. The molecule has 2 rings (SSSR count). The van der Waals surface area contributed by atoms with Crippen LogP contribution in [0.1, 0.15) is 5.56 Å². The average Bonchev–Trinajstić information content (AvgIpc) is 2.34. The smallest absolute Gasteiger partial charge is 0.125 e. The predicted molar refractivity (Wildman–Crippen MR) is 92.4 cm³/mol. The topological polar surface area (TPSA) is 38.0 Å². The lowest BCUT2D eigenvalue weighted by atomic mass is 10.1. The Morgan fingerprint density at radius 2 is 1.95 bits per heavy atom. The first kappa shape index (κ1) is 15.7. The van der Waals surface area contributed by atoms with Crippen LogP contribution in [0.4, 0.5) is 15.8 Å². The van der Waals surface area contributed by atoms with Crippen LogP contribution >= 0.6 is 55.7 Å². The van der Waals surface area contributed by atoms with Gasteiger partial charge in [-0.2, -0.15) is 0 Å². The molecule has 0 amide bonds. The van der Waals surface area contributed by atoms with Gasteiger partial charge >= 0.3 is 0 Å². The number of nitrogens with one attached hydrogen (secondary N) is 1. The van der Waals surface area contributed by atoms with Crippen molar-refractivity contribution in [3.05, 3.63) is 55.7 Å². The summed E-state index contributed by atoms with van der Waals surface area (Å²) >= 11 is 17.7. The van der Waals surface area contributed by atoms with Crippen LogP contribution in [0.2, 0.25) is 5.02 Å². The van der Waals surface area contributed by atoms with Gasteiger partial charge in [0.25, 0.3) is 0 Å². The van der Waals surface area contributed by atoms with E-state index in [9.17, 15) is 4.39 Å². The first-order valence-electron chi connectivity index (χ1n) is 5.39. The number of halogens is 4. The Kier molecular flexibility index (Phi) is 5.01. The standard InChI is InChI=1S/C13H8Br2ClFN2S/c14-6-1-2-11(8(3-6)13(18)20)19-12-9(15)4-7(17)5-10(12)16/h1-5,19H,(H2,18,20). The molecular formula is C13H8Br2ClFN2S. The Bertz CT molecular complexity index is 671. The lowest BCUT2D eigenvalue weighted by Gasteiger charge is -2.14. The monoisotopic (exact) mass is 436 g/mol. The zero-order valence-electron chi connectivity index (χ0n) is 9.88. The summed E-state index contributed by atoms with van der Waals surface area (Å²) in [5.74, 6) is -0.419. The quantitative estimate of drug-likeness (QED) is 0.632. The summed E-state index contributed by atoms with van der Waals surface area (Å²) in [7, 11) is 0. The third kappa shape index (κ3) is 3.49. The molecule has 0 saturated carbocycles. The van der Waals surface area contributed by atoms with E-state index in [2.05, 4.69) is 37.2 Å².